The highest BCUT2D eigenvalue weighted by molar-refractivity contribution is 14.1. The van der Waals surface area contributed by atoms with Gasteiger partial charge in [-0.2, -0.15) is 10.4 Å². The lowest BCUT2D eigenvalue weighted by Crippen LogP contribution is -2.25. The van der Waals surface area contributed by atoms with Gasteiger partial charge in [0.2, 0.25) is 5.88 Å². The van der Waals surface area contributed by atoms with Gasteiger partial charge < -0.3 is 18.9 Å². The summed E-state index contributed by atoms with van der Waals surface area (Å²) in [5.41, 5.74) is 4.67. The van der Waals surface area contributed by atoms with Crippen molar-refractivity contribution < 1.29 is 23.7 Å². The number of aromatic nitrogens is 1. The van der Waals surface area contributed by atoms with E-state index in [1.807, 2.05) is 26.0 Å². The zero-order chi connectivity index (χ0) is 23.5. The summed E-state index contributed by atoms with van der Waals surface area (Å²) in [4.78, 5) is 16.3. The molecular weight excluding hydrogens is 527 g/mol. The second-order valence-corrected chi connectivity index (χ2v) is 7.59. The van der Waals surface area contributed by atoms with E-state index >= 15 is 0 Å². The molecule has 0 spiro atoms. The van der Waals surface area contributed by atoms with Crippen LogP contribution in [0.2, 0.25) is 0 Å². The quantitative estimate of drug-likeness (QED) is 0.258. The van der Waals surface area contributed by atoms with Crippen molar-refractivity contribution in [2.45, 2.75) is 27.4 Å². The number of hydrogen-bond donors (Lipinski definition) is 1. The van der Waals surface area contributed by atoms with Gasteiger partial charge in [0.05, 0.1) is 29.6 Å². The zero-order valence-electron chi connectivity index (χ0n) is 18.4. The number of pyridine rings is 1. The molecule has 1 aromatic carbocycles. The van der Waals surface area contributed by atoms with Crippen LogP contribution in [-0.2, 0) is 16.1 Å². The maximum atomic E-state index is 12.1. The molecule has 0 fully saturated rings. The molecule has 2 aromatic rings. The van der Waals surface area contributed by atoms with Crippen molar-refractivity contribution in [3.05, 3.63) is 44.2 Å². The van der Waals surface area contributed by atoms with Gasteiger partial charge in [-0.05, 0) is 67.1 Å². The van der Waals surface area contributed by atoms with Crippen LogP contribution in [0.3, 0.4) is 0 Å². The number of nitrogens with one attached hydrogen (secondary N) is 1. The van der Waals surface area contributed by atoms with Crippen molar-refractivity contribution in [3.63, 3.8) is 0 Å². The van der Waals surface area contributed by atoms with Crippen molar-refractivity contribution in [2.75, 3.05) is 26.9 Å². The number of halogens is 1. The summed E-state index contributed by atoms with van der Waals surface area (Å²) < 4.78 is 22.7. The van der Waals surface area contributed by atoms with Gasteiger partial charge in [0, 0.05) is 18.4 Å². The summed E-state index contributed by atoms with van der Waals surface area (Å²) in [6.45, 7) is 6.48. The summed E-state index contributed by atoms with van der Waals surface area (Å²) in [5.74, 6) is 0.878. The summed E-state index contributed by atoms with van der Waals surface area (Å²) in [7, 11) is 1.53. The predicted octanol–water partition coefficient (Wildman–Crippen LogP) is 3.34. The molecule has 1 heterocycles. The van der Waals surface area contributed by atoms with Crippen LogP contribution >= 0.6 is 22.6 Å². The Hall–Kier alpha value is -2.91. The lowest BCUT2D eigenvalue weighted by molar-refractivity contribution is -0.123. The Morgan fingerprint density at radius 1 is 1.25 bits per heavy atom. The number of nitriles is 1. The van der Waals surface area contributed by atoms with Gasteiger partial charge >= 0.3 is 0 Å². The number of nitrogens with zero attached hydrogens (tertiary/aromatic N) is 3. The van der Waals surface area contributed by atoms with E-state index in [1.165, 1.54) is 13.3 Å². The average Bonchev–Trinajstić information content (AvgIpc) is 2.75. The maximum absolute atomic E-state index is 12.1. The maximum Gasteiger partial charge on any atom is 0.278 e. The fourth-order valence-electron chi connectivity index (χ4n) is 2.76. The van der Waals surface area contributed by atoms with E-state index < -0.39 is 5.91 Å². The van der Waals surface area contributed by atoms with Crippen LogP contribution in [0.4, 0.5) is 0 Å². The molecule has 10 heteroatoms. The minimum Gasteiger partial charge on any atom is -0.490 e. The number of hydrazone groups is 1. The standard InChI is InChI=1S/C22H25IN4O5/c1-5-30-19-9-15(8-18(23)21(19)31-6-2)11-25-27-20(28)13-32-22-17(10-24)16(12-29-4)7-14(3)26-22/h7-9,11H,5-6,12-13H2,1-4H3,(H,27,28)/b25-11-. The molecule has 2 rings (SSSR count). The Kier molecular flexibility index (Phi) is 10.2. The van der Waals surface area contributed by atoms with Crippen molar-refractivity contribution in [1.29, 1.82) is 5.26 Å². The smallest absolute Gasteiger partial charge is 0.278 e. The van der Waals surface area contributed by atoms with Crippen LogP contribution < -0.4 is 19.6 Å². The molecule has 0 bridgehead atoms. The minimum atomic E-state index is -0.493. The first-order valence-electron chi connectivity index (χ1n) is 9.86. The first-order valence-corrected chi connectivity index (χ1v) is 10.9. The molecule has 0 aliphatic rings. The lowest BCUT2D eigenvalue weighted by Gasteiger charge is -2.13. The fraction of sp³-hybridized carbons (Fsp3) is 0.364. The van der Waals surface area contributed by atoms with Crippen LogP contribution in [0, 0.1) is 21.8 Å². The number of ether oxygens (including phenoxy) is 4. The van der Waals surface area contributed by atoms with Gasteiger partial charge in [-0.3, -0.25) is 4.79 Å². The predicted molar refractivity (Wildman–Crippen MR) is 127 cm³/mol. The number of benzene rings is 1. The average molecular weight is 552 g/mol. The highest BCUT2D eigenvalue weighted by Gasteiger charge is 2.14. The molecule has 1 aromatic heterocycles. The molecule has 9 nitrogen and oxygen atoms in total. The summed E-state index contributed by atoms with van der Waals surface area (Å²) >= 11 is 2.16. The Balaban J connectivity index is 2.04. The molecule has 0 saturated carbocycles. The number of carbonyl (C=O) groups is 1. The monoisotopic (exact) mass is 552 g/mol. The van der Waals surface area contributed by atoms with E-state index in [0.29, 0.717) is 36.0 Å². The van der Waals surface area contributed by atoms with Gasteiger partial charge in [0.25, 0.3) is 5.91 Å². The Bertz CT molecular complexity index is 1020. The first-order chi connectivity index (χ1) is 15.4. The van der Waals surface area contributed by atoms with Gasteiger partial charge in [-0.1, -0.05) is 0 Å². The minimum absolute atomic E-state index is 0.0844. The van der Waals surface area contributed by atoms with Crippen LogP contribution in [-0.4, -0.2) is 44.0 Å². The third-order valence-electron chi connectivity index (χ3n) is 3.97. The number of amides is 1. The summed E-state index contributed by atoms with van der Waals surface area (Å²) in [6.07, 6.45) is 1.50. The van der Waals surface area contributed by atoms with Gasteiger partial charge in [0.1, 0.15) is 11.6 Å². The van der Waals surface area contributed by atoms with E-state index in [4.69, 9.17) is 18.9 Å². The van der Waals surface area contributed by atoms with Crippen molar-refractivity contribution in [1.82, 2.24) is 10.4 Å². The Morgan fingerprint density at radius 2 is 2.00 bits per heavy atom. The fourth-order valence-corrected chi connectivity index (χ4v) is 3.54. The lowest BCUT2D eigenvalue weighted by atomic mass is 10.1. The molecule has 0 saturated heterocycles. The van der Waals surface area contributed by atoms with Crippen molar-refractivity contribution in [2.24, 2.45) is 5.10 Å². The molecule has 0 unspecified atom stereocenters. The van der Waals surface area contributed by atoms with E-state index in [1.54, 1.807) is 19.1 Å². The SMILES string of the molecule is CCOc1cc(/C=N\NC(=O)COc2nc(C)cc(COC)c2C#N)cc(I)c1OCC. The molecule has 0 aliphatic heterocycles. The highest BCUT2D eigenvalue weighted by Crippen LogP contribution is 2.33. The number of hydrogen-bond acceptors (Lipinski definition) is 8. The van der Waals surface area contributed by atoms with E-state index in [2.05, 4.69) is 38.1 Å². The summed E-state index contributed by atoms with van der Waals surface area (Å²) in [6, 6.07) is 7.45. The van der Waals surface area contributed by atoms with Crippen molar-refractivity contribution >= 4 is 34.7 Å². The van der Waals surface area contributed by atoms with E-state index in [0.717, 1.165) is 9.13 Å². The van der Waals surface area contributed by atoms with Crippen LogP contribution in [0.1, 0.15) is 36.2 Å². The van der Waals surface area contributed by atoms with Crippen LogP contribution in [0.25, 0.3) is 0 Å². The van der Waals surface area contributed by atoms with Gasteiger partial charge in [-0.15, -0.1) is 0 Å². The largest absolute Gasteiger partial charge is 0.490 e. The third kappa shape index (κ3) is 7.06. The Morgan fingerprint density at radius 3 is 2.66 bits per heavy atom. The Labute approximate surface area is 200 Å². The molecular formula is C22H25IN4O5. The second kappa shape index (κ2) is 12.8. The first kappa shape index (κ1) is 25.4. The molecule has 170 valence electrons. The van der Waals surface area contributed by atoms with E-state index in [-0.39, 0.29) is 24.7 Å². The normalized spacial score (nSPS) is 10.6. The second-order valence-electron chi connectivity index (χ2n) is 6.43. The molecule has 0 aliphatic carbocycles. The molecule has 1 amide bonds. The topological polar surface area (TPSA) is 115 Å². The van der Waals surface area contributed by atoms with Crippen LogP contribution in [0.15, 0.2) is 23.3 Å². The number of carbonyl (C=O) groups excluding carboxylic acids is 1. The van der Waals surface area contributed by atoms with Crippen molar-refractivity contribution in [3.8, 4) is 23.4 Å². The van der Waals surface area contributed by atoms with Gasteiger partial charge in [0.15, 0.2) is 18.1 Å². The van der Waals surface area contributed by atoms with E-state index in [9.17, 15) is 10.1 Å². The summed E-state index contributed by atoms with van der Waals surface area (Å²) in [5, 5.41) is 13.4. The third-order valence-corrected chi connectivity index (χ3v) is 4.77. The number of rotatable bonds is 11. The molecule has 32 heavy (non-hydrogen) atoms. The molecule has 1 N–H and O–H groups in total. The molecule has 0 atom stereocenters. The number of methoxy groups -OCH3 is 1. The van der Waals surface area contributed by atoms with Crippen LogP contribution in [0.5, 0.6) is 17.4 Å². The highest BCUT2D eigenvalue weighted by atomic mass is 127. The zero-order valence-corrected chi connectivity index (χ0v) is 20.6. The molecule has 0 radical (unpaired) electrons. The van der Waals surface area contributed by atoms with Gasteiger partial charge in [-0.25, -0.2) is 10.4 Å². The number of aryl methyl sites for hydroxylation is 1.